The Hall–Kier alpha value is -2.82. The second kappa shape index (κ2) is 8.91. The maximum atomic E-state index is 12.4. The Labute approximate surface area is 167 Å². The first-order chi connectivity index (χ1) is 13.5. The highest BCUT2D eigenvalue weighted by atomic mass is 16.2. The van der Waals surface area contributed by atoms with Crippen molar-refractivity contribution in [3.63, 3.8) is 0 Å². The molecule has 0 unspecified atom stereocenters. The Morgan fingerprint density at radius 3 is 2.32 bits per heavy atom. The standard InChI is InChI=1S/C23H29N3O2/c1-4-25(17(2)3)20-13-9-19(10-14-20)23(28)24-16-18-7-11-21(12-8-18)26-15-5-6-22(26)27/h7-14,17H,4-6,15-16H2,1-3H3,(H,24,28). The van der Waals surface area contributed by atoms with Crippen molar-refractivity contribution >= 4 is 23.2 Å². The van der Waals surface area contributed by atoms with Gasteiger partial charge in [-0.25, -0.2) is 0 Å². The highest BCUT2D eigenvalue weighted by Crippen LogP contribution is 2.22. The van der Waals surface area contributed by atoms with Crippen molar-refractivity contribution in [1.82, 2.24) is 5.32 Å². The minimum atomic E-state index is -0.0852. The van der Waals surface area contributed by atoms with Gasteiger partial charge in [-0.05, 0) is 69.2 Å². The molecule has 0 aromatic heterocycles. The fourth-order valence-electron chi connectivity index (χ4n) is 3.65. The van der Waals surface area contributed by atoms with E-state index in [1.165, 1.54) is 0 Å². The van der Waals surface area contributed by atoms with E-state index >= 15 is 0 Å². The lowest BCUT2D eigenvalue weighted by Crippen LogP contribution is -2.30. The third-order valence-corrected chi connectivity index (χ3v) is 5.20. The summed E-state index contributed by atoms with van der Waals surface area (Å²) in [5.41, 5.74) is 3.72. The maximum Gasteiger partial charge on any atom is 0.251 e. The van der Waals surface area contributed by atoms with Gasteiger partial charge >= 0.3 is 0 Å². The number of nitrogens with one attached hydrogen (secondary N) is 1. The van der Waals surface area contributed by atoms with Gasteiger partial charge < -0.3 is 15.1 Å². The molecular formula is C23H29N3O2. The highest BCUT2D eigenvalue weighted by molar-refractivity contribution is 5.95. The number of nitrogens with zero attached hydrogens (tertiary/aromatic N) is 2. The lowest BCUT2D eigenvalue weighted by atomic mass is 10.1. The third kappa shape index (κ3) is 4.53. The molecule has 1 aliphatic rings. The molecular weight excluding hydrogens is 350 g/mol. The maximum absolute atomic E-state index is 12.4. The van der Waals surface area contributed by atoms with Crippen molar-refractivity contribution in [2.75, 3.05) is 22.9 Å². The molecule has 5 heteroatoms. The molecule has 0 atom stereocenters. The number of hydrogen-bond acceptors (Lipinski definition) is 3. The monoisotopic (exact) mass is 379 g/mol. The van der Waals surface area contributed by atoms with Crippen molar-refractivity contribution < 1.29 is 9.59 Å². The number of amides is 2. The van der Waals surface area contributed by atoms with Crippen LogP contribution >= 0.6 is 0 Å². The lowest BCUT2D eigenvalue weighted by molar-refractivity contribution is -0.117. The summed E-state index contributed by atoms with van der Waals surface area (Å²) in [7, 11) is 0. The Morgan fingerprint density at radius 2 is 1.79 bits per heavy atom. The average molecular weight is 380 g/mol. The van der Waals surface area contributed by atoms with Gasteiger partial charge in [-0.1, -0.05) is 12.1 Å². The summed E-state index contributed by atoms with van der Waals surface area (Å²) >= 11 is 0. The van der Waals surface area contributed by atoms with Crippen LogP contribution in [0.25, 0.3) is 0 Å². The highest BCUT2D eigenvalue weighted by Gasteiger charge is 2.21. The summed E-state index contributed by atoms with van der Waals surface area (Å²) in [5, 5.41) is 2.97. The van der Waals surface area contributed by atoms with Crippen molar-refractivity contribution in [3.8, 4) is 0 Å². The largest absolute Gasteiger partial charge is 0.369 e. The van der Waals surface area contributed by atoms with Crippen LogP contribution in [0.2, 0.25) is 0 Å². The normalized spacial score (nSPS) is 13.9. The van der Waals surface area contributed by atoms with E-state index in [0.717, 1.165) is 36.4 Å². The molecule has 1 saturated heterocycles. The van der Waals surface area contributed by atoms with Gasteiger partial charge in [0.2, 0.25) is 5.91 Å². The molecule has 3 rings (SSSR count). The van der Waals surface area contributed by atoms with Crippen LogP contribution in [0, 0.1) is 0 Å². The number of carbonyl (C=O) groups excluding carboxylic acids is 2. The molecule has 0 spiro atoms. The quantitative estimate of drug-likeness (QED) is 0.792. The zero-order chi connectivity index (χ0) is 20.1. The first-order valence-corrected chi connectivity index (χ1v) is 10.0. The molecule has 1 N–H and O–H groups in total. The SMILES string of the molecule is CCN(c1ccc(C(=O)NCc2ccc(N3CCCC3=O)cc2)cc1)C(C)C. The van der Waals surface area contributed by atoms with Crippen LogP contribution in [0.15, 0.2) is 48.5 Å². The summed E-state index contributed by atoms with van der Waals surface area (Å²) < 4.78 is 0. The van der Waals surface area contributed by atoms with Crippen LogP contribution in [-0.4, -0.2) is 30.9 Å². The van der Waals surface area contributed by atoms with Gasteiger partial charge in [-0.2, -0.15) is 0 Å². The second-order valence-corrected chi connectivity index (χ2v) is 7.42. The molecule has 0 radical (unpaired) electrons. The van der Waals surface area contributed by atoms with Crippen molar-refractivity contribution in [2.45, 2.75) is 46.2 Å². The van der Waals surface area contributed by atoms with Crippen LogP contribution in [0.3, 0.4) is 0 Å². The number of rotatable bonds is 7. The van der Waals surface area contributed by atoms with E-state index in [0.29, 0.717) is 24.6 Å². The van der Waals surface area contributed by atoms with Crippen molar-refractivity contribution in [2.24, 2.45) is 0 Å². The van der Waals surface area contributed by atoms with Crippen molar-refractivity contribution in [1.29, 1.82) is 0 Å². The van der Waals surface area contributed by atoms with Crippen LogP contribution in [0.1, 0.15) is 49.5 Å². The van der Waals surface area contributed by atoms with E-state index in [2.05, 4.69) is 31.0 Å². The molecule has 28 heavy (non-hydrogen) atoms. The summed E-state index contributed by atoms with van der Waals surface area (Å²) in [4.78, 5) is 28.4. The minimum absolute atomic E-state index is 0.0852. The van der Waals surface area contributed by atoms with Gasteiger partial charge in [0, 0.05) is 49.0 Å². The van der Waals surface area contributed by atoms with Crippen LogP contribution in [0.5, 0.6) is 0 Å². The second-order valence-electron chi connectivity index (χ2n) is 7.42. The molecule has 0 bridgehead atoms. The fourth-order valence-corrected chi connectivity index (χ4v) is 3.65. The first-order valence-electron chi connectivity index (χ1n) is 10.0. The van der Waals surface area contributed by atoms with Crippen molar-refractivity contribution in [3.05, 3.63) is 59.7 Å². The van der Waals surface area contributed by atoms with E-state index in [-0.39, 0.29) is 11.8 Å². The summed E-state index contributed by atoms with van der Waals surface area (Å²) in [6.45, 7) is 8.64. The fraction of sp³-hybridized carbons (Fsp3) is 0.391. The predicted octanol–water partition coefficient (Wildman–Crippen LogP) is 3.98. The van der Waals surface area contributed by atoms with Gasteiger partial charge in [0.1, 0.15) is 0 Å². The molecule has 0 saturated carbocycles. The molecule has 0 aliphatic carbocycles. The predicted molar refractivity (Wildman–Crippen MR) is 114 cm³/mol. The Bertz CT molecular complexity index is 813. The smallest absolute Gasteiger partial charge is 0.251 e. The van der Waals surface area contributed by atoms with E-state index in [9.17, 15) is 9.59 Å². The number of benzene rings is 2. The molecule has 5 nitrogen and oxygen atoms in total. The third-order valence-electron chi connectivity index (χ3n) is 5.20. The van der Waals surface area contributed by atoms with E-state index in [1.54, 1.807) is 0 Å². The first kappa shape index (κ1) is 19.9. The van der Waals surface area contributed by atoms with Crippen LogP contribution < -0.4 is 15.1 Å². The molecule has 2 aromatic rings. The Balaban J connectivity index is 1.57. The topological polar surface area (TPSA) is 52.7 Å². The summed E-state index contributed by atoms with van der Waals surface area (Å²) in [6, 6.07) is 16.0. The summed E-state index contributed by atoms with van der Waals surface area (Å²) in [5.74, 6) is 0.0987. The molecule has 2 aromatic carbocycles. The Kier molecular flexibility index (Phi) is 6.34. The average Bonchev–Trinajstić information content (AvgIpc) is 3.13. The zero-order valence-electron chi connectivity index (χ0n) is 16.9. The van der Waals surface area contributed by atoms with Crippen LogP contribution in [-0.2, 0) is 11.3 Å². The van der Waals surface area contributed by atoms with Crippen LogP contribution in [0.4, 0.5) is 11.4 Å². The molecule has 1 fully saturated rings. The van der Waals surface area contributed by atoms with Gasteiger partial charge in [0.15, 0.2) is 0 Å². The molecule has 1 aliphatic heterocycles. The van der Waals surface area contributed by atoms with E-state index < -0.39 is 0 Å². The molecule has 1 heterocycles. The Morgan fingerprint density at radius 1 is 1.11 bits per heavy atom. The number of hydrogen-bond donors (Lipinski definition) is 1. The number of anilines is 2. The lowest BCUT2D eigenvalue weighted by Gasteiger charge is -2.27. The molecule has 148 valence electrons. The van der Waals surface area contributed by atoms with Gasteiger partial charge in [-0.15, -0.1) is 0 Å². The number of carbonyl (C=O) groups is 2. The summed E-state index contributed by atoms with van der Waals surface area (Å²) in [6.07, 6.45) is 1.55. The minimum Gasteiger partial charge on any atom is -0.369 e. The van der Waals surface area contributed by atoms with E-state index in [1.807, 2.05) is 53.4 Å². The van der Waals surface area contributed by atoms with E-state index in [4.69, 9.17) is 0 Å². The zero-order valence-corrected chi connectivity index (χ0v) is 16.9. The van der Waals surface area contributed by atoms with Gasteiger partial charge in [0.25, 0.3) is 5.91 Å². The van der Waals surface area contributed by atoms with Gasteiger partial charge in [-0.3, -0.25) is 9.59 Å². The molecule has 2 amide bonds. The van der Waals surface area contributed by atoms with Gasteiger partial charge in [0.05, 0.1) is 0 Å².